The highest BCUT2D eigenvalue weighted by Crippen LogP contribution is 2.24. The van der Waals surface area contributed by atoms with E-state index in [9.17, 15) is 4.79 Å². The molecule has 1 saturated heterocycles. The van der Waals surface area contributed by atoms with Crippen molar-refractivity contribution in [1.82, 2.24) is 4.90 Å². The van der Waals surface area contributed by atoms with Gasteiger partial charge in [-0.2, -0.15) is 0 Å². The highest BCUT2D eigenvalue weighted by atomic mass is 16.5. The summed E-state index contributed by atoms with van der Waals surface area (Å²) in [7, 11) is 0. The second-order valence-electron chi connectivity index (χ2n) is 5.79. The summed E-state index contributed by atoms with van der Waals surface area (Å²) in [6.07, 6.45) is 0. The smallest absolute Gasteiger partial charge is 0.142 e. The summed E-state index contributed by atoms with van der Waals surface area (Å²) in [6, 6.07) is 0.315. The number of Topliss-reactive ketones (excluding diaryl/α,β-unsaturated/α-hetero) is 1. The van der Waals surface area contributed by atoms with Crippen molar-refractivity contribution in [2.45, 2.75) is 40.7 Å². The summed E-state index contributed by atoms with van der Waals surface area (Å²) in [5, 5.41) is 0. The van der Waals surface area contributed by atoms with Crippen molar-refractivity contribution in [3.8, 4) is 0 Å². The van der Waals surface area contributed by atoms with Gasteiger partial charge in [-0.25, -0.2) is 0 Å². The Bertz CT molecular complexity index is 239. The van der Waals surface area contributed by atoms with E-state index in [0.29, 0.717) is 11.8 Å². The van der Waals surface area contributed by atoms with E-state index < -0.39 is 0 Å². The molecule has 1 fully saturated rings. The predicted molar refractivity (Wildman–Crippen MR) is 65.5 cm³/mol. The van der Waals surface area contributed by atoms with Crippen molar-refractivity contribution in [2.24, 2.45) is 11.3 Å². The number of rotatable bonds is 3. The molecule has 3 heteroatoms. The van der Waals surface area contributed by atoms with Gasteiger partial charge in [-0.15, -0.1) is 0 Å². The van der Waals surface area contributed by atoms with E-state index >= 15 is 0 Å². The van der Waals surface area contributed by atoms with E-state index in [4.69, 9.17) is 4.74 Å². The summed E-state index contributed by atoms with van der Waals surface area (Å²) in [5.74, 6) is 0.449. The van der Waals surface area contributed by atoms with Crippen LogP contribution in [0, 0.1) is 11.3 Å². The summed E-state index contributed by atoms with van der Waals surface area (Å²) >= 11 is 0. The first-order valence-electron chi connectivity index (χ1n) is 6.20. The molecule has 0 aromatic rings. The number of carbonyl (C=O) groups is 1. The SMILES string of the molecule is CC(C(=O)C(C)(C)C)C(C)N1CCOCC1. The van der Waals surface area contributed by atoms with Crippen LogP contribution in [-0.4, -0.2) is 43.0 Å². The Morgan fingerprint density at radius 3 is 2.12 bits per heavy atom. The molecule has 1 aliphatic heterocycles. The van der Waals surface area contributed by atoms with Gasteiger partial charge in [0, 0.05) is 30.5 Å². The number of morpholine rings is 1. The number of ether oxygens (including phenoxy) is 1. The molecule has 1 aliphatic rings. The lowest BCUT2D eigenvalue weighted by Gasteiger charge is -2.36. The molecule has 0 radical (unpaired) electrons. The molecule has 0 spiro atoms. The normalized spacial score (nSPS) is 22.8. The van der Waals surface area contributed by atoms with Crippen LogP contribution in [0.4, 0.5) is 0 Å². The molecule has 0 aromatic heterocycles. The molecule has 0 bridgehead atoms. The van der Waals surface area contributed by atoms with Crippen LogP contribution in [0.5, 0.6) is 0 Å². The van der Waals surface area contributed by atoms with Crippen LogP contribution in [0.3, 0.4) is 0 Å². The maximum absolute atomic E-state index is 12.2. The van der Waals surface area contributed by atoms with Gasteiger partial charge in [-0.05, 0) is 6.92 Å². The second-order valence-corrected chi connectivity index (χ2v) is 5.79. The van der Waals surface area contributed by atoms with Crippen molar-refractivity contribution in [3.63, 3.8) is 0 Å². The van der Waals surface area contributed by atoms with Crippen LogP contribution in [0.25, 0.3) is 0 Å². The highest BCUT2D eigenvalue weighted by molar-refractivity contribution is 5.86. The number of ketones is 1. The van der Waals surface area contributed by atoms with Crippen LogP contribution >= 0.6 is 0 Å². The Morgan fingerprint density at radius 2 is 1.69 bits per heavy atom. The molecule has 3 nitrogen and oxygen atoms in total. The van der Waals surface area contributed by atoms with Gasteiger partial charge in [0.25, 0.3) is 0 Å². The van der Waals surface area contributed by atoms with Crippen molar-refractivity contribution < 1.29 is 9.53 Å². The number of nitrogens with zero attached hydrogens (tertiary/aromatic N) is 1. The van der Waals surface area contributed by atoms with Gasteiger partial charge in [-0.3, -0.25) is 9.69 Å². The lowest BCUT2D eigenvalue weighted by atomic mass is 9.80. The van der Waals surface area contributed by atoms with Crippen LogP contribution < -0.4 is 0 Å². The van der Waals surface area contributed by atoms with Crippen LogP contribution in [-0.2, 0) is 9.53 Å². The van der Waals surface area contributed by atoms with E-state index in [1.807, 2.05) is 27.7 Å². The fraction of sp³-hybridized carbons (Fsp3) is 0.923. The molecule has 1 heterocycles. The minimum atomic E-state index is -0.236. The number of hydrogen-bond acceptors (Lipinski definition) is 3. The Morgan fingerprint density at radius 1 is 1.19 bits per heavy atom. The van der Waals surface area contributed by atoms with Gasteiger partial charge in [0.1, 0.15) is 5.78 Å². The molecule has 0 aromatic carbocycles. The lowest BCUT2D eigenvalue weighted by molar-refractivity contribution is -0.132. The topological polar surface area (TPSA) is 29.5 Å². The van der Waals surface area contributed by atoms with Crippen LogP contribution in [0.2, 0.25) is 0 Å². The summed E-state index contributed by atoms with van der Waals surface area (Å²) < 4.78 is 5.33. The molecule has 0 amide bonds. The van der Waals surface area contributed by atoms with Gasteiger partial charge >= 0.3 is 0 Å². The molecule has 0 aliphatic carbocycles. The minimum Gasteiger partial charge on any atom is -0.379 e. The van der Waals surface area contributed by atoms with Gasteiger partial charge < -0.3 is 4.74 Å². The predicted octanol–water partition coefficient (Wildman–Crippen LogP) is 1.96. The highest BCUT2D eigenvalue weighted by Gasteiger charge is 2.32. The summed E-state index contributed by atoms with van der Waals surface area (Å²) in [4.78, 5) is 14.5. The van der Waals surface area contributed by atoms with Crippen LogP contribution in [0.15, 0.2) is 0 Å². The maximum atomic E-state index is 12.2. The summed E-state index contributed by atoms with van der Waals surface area (Å²) in [5.41, 5.74) is -0.236. The summed E-state index contributed by atoms with van der Waals surface area (Å²) in [6.45, 7) is 13.7. The monoisotopic (exact) mass is 227 g/mol. The van der Waals surface area contributed by atoms with Gasteiger partial charge in [0.15, 0.2) is 0 Å². The first kappa shape index (κ1) is 13.7. The van der Waals surface area contributed by atoms with E-state index in [-0.39, 0.29) is 11.3 Å². The Labute approximate surface area is 99.1 Å². The molecule has 2 atom stereocenters. The Kier molecular flexibility index (Phi) is 4.51. The zero-order chi connectivity index (χ0) is 12.3. The van der Waals surface area contributed by atoms with Crippen molar-refractivity contribution in [3.05, 3.63) is 0 Å². The third-order valence-electron chi connectivity index (χ3n) is 3.50. The molecule has 0 N–H and O–H groups in total. The average Bonchev–Trinajstić information content (AvgIpc) is 2.26. The molecular weight excluding hydrogens is 202 g/mol. The standard InChI is InChI=1S/C13H25NO2/c1-10(12(15)13(3,4)5)11(2)14-6-8-16-9-7-14/h10-11H,6-9H2,1-5H3. The fourth-order valence-corrected chi connectivity index (χ4v) is 2.20. The third-order valence-corrected chi connectivity index (χ3v) is 3.50. The van der Waals surface area contributed by atoms with Gasteiger partial charge in [0.2, 0.25) is 0 Å². The van der Waals surface area contributed by atoms with E-state index in [1.54, 1.807) is 0 Å². The number of hydrogen-bond donors (Lipinski definition) is 0. The van der Waals surface area contributed by atoms with Crippen molar-refractivity contribution in [1.29, 1.82) is 0 Å². The quantitative estimate of drug-likeness (QED) is 0.738. The largest absolute Gasteiger partial charge is 0.379 e. The Hall–Kier alpha value is -0.410. The molecule has 16 heavy (non-hydrogen) atoms. The number of carbonyl (C=O) groups excluding carboxylic acids is 1. The fourth-order valence-electron chi connectivity index (χ4n) is 2.20. The first-order valence-corrected chi connectivity index (χ1v) is 6.20. The molecule has 2 unspecified atom stereocenters. The first-order chi connectivity index (χ1) is 7.34. The van der Waals surface area contributed by atoms with Crippen molar-refractivity contribution >= 4 is 5.78 Å². The lowest BCUT2D eigenvalue weighted by Crippen LogP contribution is -2.48. The molecule has 94 valence electrons. The van der Waals surface area contributed by atoms with Gasteiger partial charge in [-0.1, -0.05) is 27.7 Å². The molecule has 0 saturated carbocycles. The average molecular weight is 227 g/mol. The molecule has 1 rings (SSSR count). The minimum absolute atomic E-state index is 0.0955. The van der Waals surface area contributed by atoms with E-state index in [2.05, 4.69) is 11.8 Å². The Balaban J connectivity index is 2.58. The van der Waals surface area contributed by atoms with E-state index in [0.717, 1.165) is 26.3 Å². The van der Waals surface area contributed by atoms with Crippen LogP contribution in [0.1, 0.15) is 34.6 Å². The zero-order valence-electron chi connectivity index (χ0n) is 11.2. The third kappa shape index (κ3) is 3.29. The zero-order valence-corrected chi connectivity index (χ0v) is 11.2. The maximum Gasteiger partial charge on any atom is 0.142 e. The van der Waals surface area contributed by atoms with Gasteiger partial charge in [0.05, 0.1) is 13.2 Å². The molecular formula is C13H25NO2. The van der Waals surface area contributed by atoms with E-state index in [1.165, 1.54) is 0 Å². The second kappa shape index (κ2) is 5.28. The van der Waals surface area contributed by atoms with Crippen molar-refractivity contribution in [2.75, 3.05) is 26.3 Å².